The Bertz CT molecular complexity index is 817. The molecule has 0 aromatic heterocycles. The van der Waals surface area contributed by atoms with Crippen molar-refractivity contribution in [2.24, 2.45) is 0 Å². The summed E-state index contributed by atoms with van der Waals surface area (Å²) in [6.45, 7) is 12.3. The molecule has 2 aromatic carbocycles. The standard InChI is InChI=1S/C20H20N2O2/c1-20(2,21-3)16-8-7-15-13-22(19(23)18(15)11-16)12-14-5-9-17(24-4)10-6-14/h5-11H,12-13H2,1-2,4H3. The van der Waals surface area contributed by atoms with Crippen LogP contribution < -0.4 is 4.74 Å². The van der Waals surface area contributed by atoms with Gasteiger partial charge in [-0.1, -0.05) is 24.3 Å². The third kappa shape index (κ3) is 2.85. The molecule has 4 nitrogen and oxygen atoms in total. The molecule has 122 valence electrons. The number of amides is 1. The molecular weight excluding hydrogens is 300 g/mol. The van der Waals surface area contributed by atoms with Crippen molar-refractivity contribution in [2.45, 2.75) is 32.5 Å². The third-order valence-electron chi connectivity index (χ3n) is 4.51. The average Bonchev–Trinajstić information content (AvgIpc) is 2.91. The summed E-state index contributed by atoms with van der Waals surface area (Å²) in [4.78, 5) is 18.2. The van der Waals surface area contributed by atoms with E-state index in [0.717, 1.165) is 28.0 Å². The number of fused-ring (bicyclic) bond motifs is 1. The Balaban J connectivity index is 1.82. The Hall–Kier alpha value is -2.80. The van der Waals surface area contributed by atoms with Gasteiger partial charge in [0, 0.05) is 38.1 Å². The molecule has 1 aliphatic heterocycles. The maximum absolute atomic E-state index is 12.7. The predicted molar refractivity (Wildman–Crippen MR) is 92.6 cm³/mol. The Morgan fingerprint density at radius 2 is 1.92 bits per heavy atom. The molecule has 0 atom stereocenters. The van der Waals surface area contributed by atoms with Crippen molar-refractivity contribution in [1.82, 2.24) is 4.90 Å². The molecular formula is C20H20N2O2. The van der Waals surface area contributed by atoms with Crippen molar-refractivity contribution < 1.29 is 9.53 Å². The number of methoxy groups -OCH3 is 1. The van der Waals surface area contributed by atoms with E-state index in [0.29, 0.717) is 13.1 Å². The van der Waals surface area contributed by atoms with Gasteiger partial charge in [-0.25, -0.2) is 6.57 Å². The lowest BCUT2D eigenvalue weighted by molar-refractivity contribution is 0.0766. The van der Waals surface area contributed by atoms with Crippen LogP contribution in [0.2, 0.25) is 0 Å². The Morgan fingerprint density at radius 3 is 2.54 bits per heavy atom. The van der Waals surface area contributed by atoms with Crippen LogP contribution in [-0.2, 0) is 18.6 Å². The van der Waals surface area contributed by atoms with Gasteiger partial charge in [0.2, 0.25) is 0 Å². The molecule has 0 fully saturated rings. The first-order valence-electron chi connectivity index (χ1n) is 7.89. The second-order valence-corrected chi connectivity index (χ2v) is 6.55. The number of ether oxygens (including phenoxy) is 1. The largest absolute Gasteiger partial charge is 0.497 e. The van der Waals surface area contributed by atoms with Gasteiger partial charge in [0.15, 0.2) is 0 Å². The summed E-state index contributed by atoms with van der Waals surface area (Å²) in [5, 5.41) is 0. The lowest BCUT2D eigenvalue weighted by atomic mass is 9.92. The second kappa shape index (κ2) is 6.01. The first-order chi connectivity index (χ1) is 11.4. The average molecular weight is 320 g/mol. The third-order valence-corrected chi connectivity index (χ3v) is 4.51. The van der Waals surface area contributed by atoms with E-state index in [4.69, 9.17) is 11.3 Å². The Morgan fingerprint density at radius 1 is 1.21 bits per heavy atom. The highest BCUT2D eigenvalue weighted by molar-refractivity contribution is 5.98. The van der Waals surface area contributed by atoms with Gasteiger partial charge in [0.1, 0.15) is 5.75 Å². The monoisotopic (exact) mass is 320 g/mol. The first-order valence-corrected chi connectivity index (χ1v) is 7.89. The summed E-state index contributed by atoms with van der Waals surface area (Å²) < 4.78 is 5.16. The fourth-order valence-corrected chi connectivity index (χ4v) is 2.89. The Labute approximate surface area is 142 Å². The van der Waals surface area contributed by atoms with E-state index in [2.05, 4.69) is 4.85 Å². The molecule has 3 rings (SSSR count). The fourth-order valence-electron chi connectivity index (χ4n) is 2.89. The summed E-state index contributed by atoms with van der Waals surface area (Å²) in [7, 11) is 1.64. The lowest BCUT2D eigenvalue weighted by Crippen LogP contribution is -2.23. The number of nitrogens with zero attached hydrogens (tertiary/aromatic N) is 2. The van der Waals surface area contributed by atoms with Crippen molar-refractivity contribution in [1.29, 1.82) is 0 Å². The zero-order valence-corrected chi connectivity index (χ0v) is 14.2. The molecule has 0 unspecified atom stereocenters. The van der Waals surface area contributed by atoms with Crippen molar-refractivity contribution in [3.05, 3.63) is 76.1 Å². The van der Waals surface area contributed by atoms with E-state index in [1.54, 1.807) is 7.11 Å². The first kappa shape index (κ1) is 16.1. The fraction of sp³-hybridized carbons (Fsp3) is 0.300. The number of carbonyl (C=O) groups excluding carboxylic acids is 1. The molecule has 24 heavy (non-hydrogen) atoms. The van der Waals surface area contributed by atoms with Gasteiger partial charge < -0.3 is 14.5 Å². The minimum absolute atomic E-state index is 0.0310. The zero-order valence-electron chi connectivity index (χ0n) is 14.2. The summed E-state index contributed by atoms with van der Waals surface area (Å²) in [6, 6.07) is 13.6. The van der Waals surface area contributed by atoms with Gasteiger partial charge in [-0.05, 0) is 29.3 Å². The quantitative estimate of drug-likeness (QED) is 0.798. The number of rotatable bonds is 4. The predicted octanol–water partition coefficient (Wildman–Crippen LogP) is 4.01. The Kier molecular flexibility index (Phi) is 4.02. The summed E-state index contributed by atoms with van der Waals surface area (Å²) in [5.74, 6) is 0.837. The highest BCUT2D eigenvalue weighted by Crippen LogP contribution is 2.31. The number of hydrogen-bond acceptors (Lipinski definition) is 2. The molecule has 2 aromatic rings. The minimum Gasteiger partial charge on any atom is -0.497 e. The van der Waals surface area contributed by atoms with E-state index < -0.39 is 5.54 Å². The van der Waals surface area contributed by atoms with Crippen LogP contribution >= 0.6 is 0 Å². The van der Waals surface area contributed by atoms with Crippen molar-refractivity contribution in [3.8, 4) is 5.75 Å². The van der Waals surface area contributed by atoms with Crippen LogP contribution in [0.1, 0.15) is 40.9 Å². The van der Waals surface area contributed by atoms with Gasteiger partial charge >= 0.3 is 0 Å². The molecule has 4 heteroatoms. The molecule has 0 spiro atoms. The van der Waals surface area contributed by atoms with Crippen LogP contribution in [0.3, 0.4) is 0 Å². The number of benzene rings is 2. The second-order valence-electron chi connectivity index (χ2n) is 6.55. The van der Waals surface area contributed by atoms with Crippen LogP contribution in [0.15, 0.2) is 42.5 Å². The summed E-state index contributed by atoms with van der Waals surface area (Å²) in [6.07, 6.45) is 0. The van der Waals surface area contributed by atoms with Crippen molar-refractivity contribution >= 4 is 5.91 Å². The van der Waals surface area contributed by atoms with Crippen LogP contribution in [0.5, 0.6) is 5.75 Å². The van der Waals surface area contributed by atoms with Crippen LogP contribution in [-0.4, -0.2) is 17.9 Å². The molecule has 0 saturated heterocycles. The molecule has 0 aliphatic carbocycles. The highest BCUT2D eigenvalue weighted by Gasteiger charge is 2.32. The van der Waals surface area contributed by atoms with Crippen molar-refractivity contribution in [2.75, 3.05) is 7.11 Å². The number of carbonyl (C=O) groups is 1. The molecule has 1 amide bonds. The smallest absolute Gasteiger partial charge is 0.254 e. The molecule has 0 bridgehead atoms. The zero-order chi connectivity index (χ0) is 17.3. The van der Waals surface area contributed by atoms with E-state index in [9.17, 15) is 4.79 Å². The molecule has 0 radical (unpaired) electrons. The van der Waals surface area contributed by atoms with E-state index in [1.807, 2.05) is 61.2 Å². The van der Waals surface area contributed by atoms with E-state index >= 15 is 0 Å². The van der Waals surface area contributed by atoms with Gasteiger partial charge in [-0.2, -0.15) is 0 Å². The normalized spacial score (nSPS) is 13.6. The summed E-state index contributed by atoms with van der Waals surface area (Å²) >= 11 is 0. The van der Waals surface area contributed by atoms with Crippen LogP contribution in [0.4, 0.5) is 0 Å². The van der Waals surface area contributed by atoms with Gasteiger partial charge in [-0.15, -0.1) is 0 Å². The maximum Gasteiger partial charge on any atom is 0.254 e. The maximum atomic E-state index is 12.7. The van der Waals surface area contributed by atoms with E-state index in [1.165, 1.54) is 0 Å². The summed E-state index contributed by atoms with van der Waals surface area (Å²) in [5.41, 5.74) is 3.09. The van der Waals surface area contributed by atoms with Gasteiger partial charge in [0.25, 0.3) is 11.4 Å². The minimum atomic E-state index is -0.612. The lowest BCUT2D eigenvalue weighted by Gasteiger charge is -2.15. The topological polar surface area (TPSA) is 33.9 Å². The molecule has 1 aliphatic rings. The van der Waals surface area contributed by atoms with Gasteiger partial charge in [0.05, 0.1) is 7.11 Å². The SMILES string of the molecule is [C-]#[N+]C(C)(C)c1ccc2c(c1)C(=O)N(Cc1ccc(OC)cc1)C2. The molecule has 0 saturated carbocycles. The van der Waals surface area contributed by atoms with Crippen molar-refractivity contribution in [3.63, 3.8) is 0 Å². The van der Waals surface area contributed by atoms with Crippen LogP contribution in [0, 0.1) is 6.57 Å². The highest BCUT2D eigenvalue weighted by atomic mass is 16.5. The molecule has 0 N–H and O–H groups in total. The number of hydrogen-bond donors (Lipinski definition) is 0. The molecule has 1 heterocycles. The van der Waals surface area contributed by atoms with E-state index in [-0.39, 0.29) is 5.91 Å². The van der Waals surface area contributed by atoms with Gasteiger partial charge in [-0.3, -0.25) is 4.79 Å². The van der Waals surface area contributed by atoms with Crippen LogP contribution in [0.25, 0.3) is 4.85 Å².